The molecule has 1 N–H and O–H groups in total. The fourth-order valence-electron chi connectivity index (χ4n) is 9.01. The second-order valence-electron chi connectivity index (χ2n) is 13.8. The SMILES string of the molecule is CN(C)C(=O)C[C@@H]1CC[C@@H](CC(=O)[C@@H]2CC3(CC(CF)(CF)C3)[C@@]3(C(=O)Nc4cc(Cl)ccc43)[C@H]2c2cccc(Cl)c2F)CO1. The van der Waals surface area contributed by atoms with Crippen LogP contribution in [0.4, 0.5) is 18.9 Å². The van der Waals surface area contributed by atoms with E-state index in [0.717, 1.165) is 0 Å². The number of hydrogen-bond donors (Lipinski definition) is 1. The molecule has 3 fully saturated rings. The number of ether oxygens (including phenoxy) is 1. The summed E-state index contributed by atoms with van der Waals surface area (Å²) in [4.78, 5) is 42.5. The van der Waals surface area contributed by atoms with Gasteiger partial charge in [0.2, 0.25) is 11.8 Å². The molecule has 1 saturated heterocycles. The number of rotatable bonds is 8. The molecule has 0 radical (unpaired) electrons. The topological polar surface area (TPSA) is 75.7 Å². The van der Waals surface area contributed by atoms with Gasteiger partial charge >= 0.3 is 0 Å². The molecule has 2 aliphatic heterocycles. The maximum atomic E-state index is 16.0. The molecule has 4 aliphatic rings. The third-order valence-corrected chi connectivity index (χ3v) is 11.4. The highest BCUT2D eigenvalue weighted by atomic mass is 35.5. The monoisotopic (exact) mass is 664 g/mol. The first-order valence-corrected chi connectivity index (χ1v) is 16.2. The van der Waals surface area contributed by atoms with Crippen molar-refractivity contribution >= 4 is 46.5 Å². The van der Waals surface area contributed by atoms with Gasteiger partial charge in [0, 0.05) is 48.5 Å². The molecule has 2 amide bonds. The fourth-order valence-corrected chi connectivity index (χ4v) is 9.37. The van der Waals surface area contributed by atoms with E-state index in [-0.39, 0.29) is 66.4 Å². The Balaban J connectivity index is 1.40. The van der Waals surface area contributed by atoms with E-state index in [9.17, 15) is 23.2 Å². The summed E-state index contributed by atoms with van der Waals surface area (Å²) in [6, 6.07) is 9.53. The number of Topliss-reactive ketones (excluding diaryl/α,β-unsaturated/α-hetero) is 1. The van der Waals surface area contributed by atoms with E-state index in [0.29, 0.717) is 35.7 Å². The lowest BCUT2D eigenvalue weighted by Gasteiger charge is -2.59. The summed E-state index contributed by atoms with van der Waals surface area (Å²) in [6.07, 6.45) is 1.72. The van der Waals surface area contributed by atoms with Crippen molar-refractivity contribution in [1.82, 2.24) is 4.90 Å². The summed E-state index contributed by atoms with van der Waals surface area (Å²) in [7, 11) is 3.38. The molecule has 6 nitrogen and oxygen atoms in total. The summed E-state index contributed by atoms with van der Waals surface area (Å²) in [5, 5.41) is 3.18. The molecule has 0 aromatic heterocycles. The van der Waals surface area contributed by atoms with Crippen molar-refractivity contribution in [3.8, 4) is 0 Å². The first-order valence-electron chi connectivity index (χ1n) is 15.4. The van der Waals surface area contributed by atoms with Crippen LogP contribution in [0.2, 0.25) is 10.0 Å². The highest BCUT2D eigenvalue weighted by molar-refractivity contribution is 6.31. The minimum Gasteiger partial charge on any atom is -0.377 e. The number of nitrogens with zero attached hydrogens (tertiary/aromatic N) is 1. The van der Waals surface area contributed by atoms with Crippen molar-refractivity contribution in [2.45, 2.75) is 62.4 Å². The molecular weight excluding hydrogens is 628 g/mol. The standard InChI is InChI=1S/C34H37Cl2F3N2O4/c1-41(2)28(43)12-21-8-6-19(14-45-21)10-27(42)23-13-33(15-32(16-33,17-37)18-38)34(29(23)22-4-3-5-25(36)30(22)39)24-9-7-20(35)11-26(24)40-31(34)44/h3-5,7,9,11,19,21,23,29H,6,8,10,12-18H2,1-2H3,(H,40,44)/t19-,21-,23-,29-,34+/m0/s1. The zero-order chi connectivity index (χ0) is 32.3. The van der Waals surface area contributed by atoms with Gasteiger partial charge < -0.3 is 15.0 Å². The van der Waals surface area contributed by atoms with Crippen LogP contribution in [0.15, 0.2) is 36.4 Å². The van der Waals surface area contributed by atoms with Gasteiger partial charge in [0.25, 0.3) is 0 Å². The molecule has 2 saturated carbocycles. The number of carbonyl (C=O) groups is 3. The maximum Gasteiger partial charge on any atom is 0.236 e. The lowest BCUT2D eigenvalue weighted by atomic mass is 9.43. The van der Waals surface area contributed by atoms with Crippen molar-refractivity contribution in [3.63, 3.8) is 0 Å². The first kappa shape index (κ1) is 32.3. The second kappa shape index (κ2) is 11.9. The Kier molecular flexibility index (Phi) is 8.53. The number of nitrogens with one attached hydrogen (secondary N) is 1. The highest BCUT2D eigenvalue weighted by Crippen LogP contribution is 2.77. The molecule has 45 heavy (non-hydrogen) atoms. The van der Waals surface area contributed by atoms with Crippen LogP contribution >= 0.6 is 23.2 Å². The largest absolute Gasteiger partial charge is 0.377 e. The number of benzene rings is 2. The Morgan fingerprint density at radius 1 is 1.07 bits per heavy atom. The van der Waals surface area contributed by atoms with Gasteiger partial charge in [-0.05, 0) is 72.8 Å². The number of halogens is 5. The average Bonchev–Trinajstić information content (AvgIpc) is 3.46. The minimum atomic E-state index is -1.48. The predicted molar refractivity (Wildman–Crippen MR) is 165 cm³/mol. The number of carbonyl (C=O) groups excluding carboxylic acids is 3. The van der Waals surface area contributed by atoms with Gasteiger partial charge in [-0.2, -0.15) is 0 Å². The van der Waals surface area contributed by atoms with E-state index in [1.54, 1.807) is 44.4 Å². The van der Waals surface area contributed by atoms with E-state index in [4.69, 9.17) is 27.9 Å². The molecule has 5 atom stereocenters. The molecular formula is C34H37Cl2F3N2O4. The molecule has 2 heterocycles. The number of fused-ring (bicyclic) bond motifs is 3. The van der Waals surface area contributed by atoms with Crippen LogP contribution < -0.4 is 5.32 Å². The number of anilines is 1. The first-order chi connectivity index (χ1) is 21.4. The second-order valence-corrected chi connectivity index (χ2v) is 14.7. The van der Waals surface area contributed by atoms with Crippen LogP contribution in [0.25, 0.3) is 0 Å². The number of hydrogen-bond acceptors (Lipinski definition) is 4. The third kappa shape index (κ3) is 5.08. The Morgan fingerprint density at radius 2 is 1.80 bits per heavy atom. The zero-order valence-electron chi connectivity index (χ0n) is 25.3. The van der Waals surface area contributed by atoms with Gasteiger partial charge in [-0.25, -0.2) is 4.39 Å². The molecule has 2 aliphatic carbocycles. The lowest BCUT2D eigenvalue weighted by Crippen LogP contribution is -2.61. The van der Waals surface area contributed by atoms with Crippen molar-refractivity contribution < 1.29 is 32.3 Å². The van der Waals surface area contributed by atoms with Crippen molar-refractivity contribution in [3.05, 3.63) is 63.4 Å². The Labute approximate surface area is 271 Å². The Hall–Kier alpha value is -2.62. The molecule has 242 valence electrons. The molecule has 0 bridgehead atoms. The van der Waals surface area contributed by atoms with Crippen molar-refractivity contribution in [2.24, 2.45) is 22.7 Å². The molecule has 11 heteroatoms. The van der Waals surface area contributed by atoms with Crippen molar-refractivity contribution in [2.75, 3.05) is 39.4 Å². The van der Waals surface area contributed by atoms with Crippen molar-refractivity contribution in [1.29, 1.82) is 0 Å². The Bertz CT molecular complexity index is 1520. The van der Waals surface area contributed by atoms with E-state index in [1.165, 1.54) is 11.0 Å². The molecule has 2 aromatic carbocycles. The maximum absolute atomic E-state index is 16.0. The molecule has 6 rings (SSSR count). The highest BCUT2D eigenvalue weighted by Gasteiger charge is 2.77. The third-order valence-electron chi connectivity index (χ3n) is 10.9. The van der Waals surface area contributed by atoms with E-state index >= 15 is 4.39 Å². The van der Waals surface area contributed by atoms with E-state index in [1.807, 2.05) is 0 Å². The fraction of sp³-hybridized carbons (Fsp3) is 0.559. The van der Waals surface area contributed by atoms with Gasteiger partial charge in [-0.1, -0.05) is 41.4 Å². The minimum absolute atomic E-state index is 0.0305. The summed E-state index contributed by atoms with van der Waals surface area (Å²) in [5.41, 5.74) is -2.62. The van der Waals surface area contributed by atoms with Crippen LogP contribution in [-0.2, 0) is 24.5 Å². The predicted octanol–water partition coefficient (Wildman–Crippen LogP) is 7.06. The van der Waals surface area contributed by atoms with Crippen LogP contribution in [0.3, 0.4) is 0 Å². The average molecular weight is 666 g/mol. The molecule has 0 unspecified atom stereocenters. The van der Waals surface area contributed by atoms with E-state index in [2.05, 4.69) is 5.32 Å². The van der Waals surface area contributed by atoms with Crippen LogP contribution in [0.5, 0.6) is 0 Å². The van der Waals surface area contributed by atoms with Gasteiger partial charge in [0.1, 0.15) is 11.6 Å². The normalized spacial score (nSPS) is 29.4. The summed E-state index contributed by atoms with van der Waals surface area (Å²) in [5.74, 6) is -3.25. The lowest BCUT2D eigenvalue weighted by molar-refractivity contribution is -0.143. The van der Waals surface area contributed by atoms with Crippen LogP contribution in [-0.4, -0.2) is 62.7 Å². The summed E-state index contributed by atoms with van der Waals surface area (Å²) >= 11 is 12.6. The van der Waals surface area contributed by atoms with Crippen LogP contribution in [0, 0.1) is 28.5 Å². The smallest absolute Gasteiger partial charge is 0.236 e. The number of ketones is 1. The summed E-state index contributed by atoms with van der Waals surface area (Å²) < 4.78 is 50.8. The Morgan fingerprint density at radius 3 is 2.44 bits per heavy atom. The number of amides is 2. The van der Waals surface area contributed by atoms with Gasteiger partial charge in [0.05, 0.1) is 42.9 Å². The summed E-state index contributed by atoms with van der Waals surface area (Å²) in [6.45, 7) is -1.50. The number of alkyl halides is 2. The van der Waals surface area contributed by atoms with Gasteiger partial charge in [-0.3, -0.25) is 23.2 Å². The molecule has 2 aromatic rings. The van der Waals surface area contributed by atoms with Crippen LogP contribution in [0.1, 0.15) is 62.0 Å². The van der Waals surface area contributed by atoms with E-state index < -0.39 is 53.2 Å². The quantitative estimate of drug-likeness (QED) is 0.328. The molecule has 2 spiro atoms. The van der Waals surface area contributed by atoms with Gasteiger partial charge in [0.15, 0.2) is 0 Å². The van der Waals surface area contributed by atoms with Gasteiger partial charge in [-0.15, -0.1) is 0 Å². The zero-order valence-corrected chi connectivity index (χ0v) is 26.8.